The first-order valence-electron chi connectivity index (χ1n) is 6.84. The van der Waals surface area contributed by atoms with Crippen LogP contribution in [-0.2, 0) is 24.2 Å². The van der Waals surface area contributed by atoms with Crippen LogP contribution in [-0.4, -0.2) is 26.5 Å². The SMILES string of the molecule is CCCCc1ccc(CC(=O)NCc2nn[nH]n2)cc1. The molecule has 2 rings (SSSR count). The highest BCUT2D eigenvalue weighted by Crippen LogP contribution is 2.08. The second-order valence-electron chi connectivity index (χ2n) is 4.70. The van der Waals surface area contributed by atoms with Gasteiger partial charge in [-0.25, -0.2) is 0 Å². The highest BCUT2D eigenvalue weighted by atomic mass is 16.1. The molecule has 0 unspecified atom stereocenters. The van der Waals surface area contributed by atoms with E-state index in [0.717, 1.165) is 12.0 Å². The van der Waals surface area contributed by atoms with E-state index in [4.69, 9.17) is 0 Å². The number of nitrogens with zero attached hydrogens (tertiary/aromatic N) is 3. The Morgan fingerprint density at radius 1 is 1.25 bits per heavy atom. The molecular formula is C14H19N5O. The molecule has 1 amide bonds. The normalized spacial score (nSPS) is 10.4. The van der Waals surface area contributed by atoms with Gasteiger partial charge in [-0.05, 0) is 24.0 Å². The van der Waals surface area contributed by atoms with Crippen LogP contribution < -0.4 is 5.32 Å². The monoisotopic (exact) mass is 273 g/mol. The van der Waals surface area contributed by atoms with Crippen LogP contribution in [0.4, 0.5) is 0 Å². The van der Waals surface area contributed by atoms with Crippen LogP contribution >= 0.6 is 0 Å². The van der Waals surface area contributed by atoms with Gasteiger partial charge in [0.2, 0.25) is 5.91 Å². The number of rotatable bonds is 7. The molecule has 20 heavy (non-hydrogen) atoms. The number of carbonyl (C=O) groups excluding carboxylic acids is 1. The van der Waals surface area contributed by atoms with Gasteiger partial charge in [-0.3, -0.25) is 4.79 Å². The lowest BCUT2D eigenvalue weighted by Gasteiger charge is -2.04. The molecule has 2 N–H and O–H groups in total. The third-order valence-corrected chi connectivity index (χ3v) is 3.04. The molecule has 0 radical (unpaired) electrons. The van der Waals surface area contributed by atoms with Gasteiger partial charge in [-0.15, -0.1) is 10.2 Å². The van der Waals surface area contributed by atoms with Crippen molar-refractivity contribution in [1.29, 1.82) is 0 Å². The van der Waals surface area contributed by atoms with Crippen molar-refractivity contribution in [2.75, 3.05) is 0 Å². The minimum absolute atomic E-state index is 0.0453. The predicted molar refractivity (Wildman–Crippen MR) is 74.8 cm³/mol. The molecule has 1 heterocycles. The number of H-pyrrole nitrogens is 1. The number of nitrogens with one attached hydrogen (secondary N) is 2. The molecule has 0 aliphatic carbocycles. The number of tetrazole rings is 1. The van der Waals surface area contributed by atoms with E-state index in [9.17, 15) is 4.79 Å². The summed E-state index contributed by atoms with van der Waals surface area (Å²) in [5, 5.41) is 16.1. The van der Waals surface area contributed by atoms with E-state index in [2.05, 4.69) is 45.0 Å². The lowest BCUT2D eigenvalue weighted by Crippen LogP contribution is -2.25. The molecule has 106 valence electrons. The van der Waals surface area contributed by atoms with E-state index in [-0.39, 0.29) is 5.91 Å². The summed E-state index contributed by atoms with van der Waals surface area (Å²) >= 11 is 0. The van der Waals surface area contributed by atoms with Gasteiger partial charge in [0.05, 0.1) is 13.0 Å². The summed E-state index contributed by atoms with van der Waals surface area (Å²) in [7, 11) is 0. The summed E-state index contributed by atoms with van der Waals surface area (Å²) in [4.78, 5) is 11.8. The van der Waals surface area contributed by atoms with Crippen LogP contribution in [0, 0.1) is 0 Å². The molecule has 0 saturated heterocycles. The number of aromatic nitrogens is 4. The van der Waals surface area contributed by atoms with E-state index >= 15 is 0 Å². The molecule has 0 spiro atoms. The van der Waals surface area contributed by atoms with Crippen molar-refractivity contribution in [2.24, 2.45) is 0 Å². The van der Waals surface area contributed by atoms with Gasteiger partial charge >= 0.3 is 0 Å². The van der Waals surface area contributed by atoms with Crippen molar-refractivity contribution < 1.29 is 4.79 Å². The smallest absolute Gasteiger partial charge is 0.224 e. The van der Waals surface area contributed by atoms with Crippen LogP contribution in [0.15, 0.2) is 24.3 Å². The number of hydrogen-bond donors (Lipinski definition) is 2. The van der Waals surface area contributed by atoms with E-state index in [1.807, 2.05) is 12.1 Å². The average Bonchev–Trinajstić information content (AvgIpc) is 2.98. The molecule has 0 aliphatic rings. The molecule has 0 bridgehead atoms. The largest absolute Gasteiger partial charge is 0.348 e. The number of amides is 1. The minimum Gasteiger partial charge on any atom is -0.348 e. The van der Waals surface area contributed by atoms with Crippen LogP contribution in [0.25, 0.3) is 0 Å². The first-order valence-corrected chi connectivity index (χ1v) is 6.84. The van der Waals surface area contributed by atoms with Crippen molar-refractivity contribution in [2.45, 2.75) is 39.2 Å². The van der Waals surface area contributed by atoms with Gasteiger partial charge in [0.1, 0.15) is 0 Å². The Balaban J connectivity index is 1.78. The van der Waals surface area contributed by atoms with E-state index in [0.29, 0.717) is 18.8 Å². The predicted octanol–water partition coefficient (Wildman–Crippen LogP) is 1.40. The zero-order valence-corrected chi connectivity index (χ0v) is 11.6. The van der Waals surface area contributed by atoms with Gasteiger partial charge in [0.25, 0.3) is 0 Å². The van der Waals surface area contributed by atoms with E-state index in [1.54, 1.807) is 0 Å². The van der Waals surface area contributed by atoms with E-state index in [1.165, 1.54) is 18.4 Å². The molecule has 0 fully saturated rings. The molecule has 1 aromatic heterocycles. The fourth-order valence-electron chi connectivity index (χ4n) is 1.89. The second-order valence-corrected chi connectivity index (χ2v) is 4.70. The molecular weight excluding hydrogens is 254 g/mol. The van der Waals surface area contributed by atoms with Gasteiger partial charge in [0, 0.05) is 0 Å². The van der Waals surface area contributed by atoms with Gasteiger partial charge < -0.3 is 5.32 Å². The Labute approximate surface area is 118 Å². The van der Waals surface area contributed by atoms with Gasteiger partial charge in [0.15, 0.2) is 5.82 Å². The number of aromatic amines is 1. The average molecular weight is 273 g/mol. The summed E-state index contributed by atoms with van der Waals surface area (Å²) in [6.07, 6.45) is 3.86. The Morgan fingerprint density at radius 3 is 2.65 bits per heavy atom. The van der Waals surface area contributed by atoms with Crippen LogP contribution in [0.5, 0.6) is 0 Å². The first kappa shape index (κ1) is 14.2. The van der Waals surface area contributed by atoms with Crippen LogP contribution in [0.1, 0.15) is 36.7 Å². The Bertz CT molecular complexity index is 521. The van der Waals surface area contributed by atoms with Crippen LogP contribution in [0.3, 0.4) is 0 Å². The Kier molecular flexibility index (Phi) is 5.23. The summed E-state index contributed by atoms with van der Waals surface area (Å²) in [6.45, 7) is 2.48. The van der Waals surface area contributed by atoms with Crippen LogP contribution in [0.2, 0.25) is 0 Å². The molecule has 0 saturated carbocycles. The van der Waals surface area contributed by atoms with Crippen molar-refractivity contribution in [1.82, 2.24) is 25.9 Å². The molecule has 0 atom stereocenters. The molecule has 0 aliphatic heterocycles. The number of benzene rings is 1. The van der Waals surface area contributed by atoms with Crippen molar-refractivity contribution in [3.8, 4) is 0 Å². The fourth-order valence-corrected chi connectivity index (χ4v) is 1.89. The lowest BCUT2D eigenvalue weighted by molar-refractivity contribution is -0.120. The molecule has 6 heteroatoms. The number of carbonyl (C=O) groups is 1. The fraction of sp³-hybridized carbons (Fsp3) is 0.429. The highest BCUT2D eigenvalue weighted by molar-refractivity contribution is 5.78. The van der Waals surface area contributed by atoms with E-state index < -0.39 is 0 Å². The quantitative estimate of drug-likeness (QED) is 0.798. The number of hydrogen-bond acceptors (Lipinski definition) is 4. The first-order chi connectivity index (χ1) is 9.78. The maximum absolute atomic E-state index is 11.8. The Morgan fingerprint density at radius 2 is 2.00 bits per heavy atom. The Hall–Kier alpha value is -2.24. The maximum atomic E-state index is 11.8. The molecule has 1 aromatic carbocycles. The van der Waals surface area contributed by atoms with Gasteiger partial charge in [-0.1, -0.05) is 42.8 Å². The summed E-state index contributed by atoms with van der Waals surface area (Å²) < 4.78 is 0. The summed E-state index contributed by atoms with van der Waals surface area (Å²) in [5.74, 6) is 0.435. The standard InChI is InChI=1S/C14H19N5O/c1-2-3-4-11-5-7-12(8-6-11)9-14(20)15-10-13-16-18-19-17-13/h5-8H,2-4,9-10H2,1H3,(H,15,20)(H,16,17,18,19). The topological polar surface area (TPSA) is 83.6 Å². The third kappa shape index (κ3) is 4.46. The van der Waals surface area contributed by atoms with Crippen molar-refractivity contribution >= 4 is 5.91 Å². The molecule has 2 aromatic rings. The summed E-state index contributed by atoms with van der Waals surface area (Å²) in [5.41, 5.74) is 2.33. The molecule has 6 nitrogen and oxygen atoms in total. The third-order valence-electron chi connectivity index (χ3n) is 3.04. The summed E-state index contributed by atoms with van der Waals surface area (Å²) in [6, 6.07) is 8.22. The lowest BCUT2D eigenvalue weighted by atomic mass is 10.0. The second kappa shape index (κ2) is 7.37. The number of aryl methyl sites for hydroxylation is 1. The van der Waals surface area contributed by atoms with Crippen molar-refractivity contribution in [3.05, 3.63) is 41.2 Å². The van der Waals surface area contributed by atoms with Crippen molar-refractivity contribution in [3.63, 3.8) is 0 Å². The zero-order valence-electron chi connectivity index (χ0n) is 11.6. The maximum Gasteiger partial charge on any atom is 0.224 e. The highest BCUT2D eigenvalue weighted by Gasteiger charge is 2.05. The minimum atomic E-state index is -0.0453. The number of unbranched alkanes of at least 4 members (excludes halogenated alkanes) is 1. The zero-order chi connectivity index (χ0) is 14.2. The van der Waals surface area contributed by atoms with Gasteiger partial charge in [-0.2, -0.15) is 5.21 Å².